The maximum atomic E-state index is 12.0. The molecule has 3 aliphatic rings. The number of piperidine rings is 1. The minimum absolute atomic E-state index is 0. The van der Waals surface area contributed by atoms with Gasteiger partial charge in [-0.2, -0.15) is 9.59 Å². The molecule has 1 fully saturated rings. The summed E-state index contributed by atoms with van der Waals surface area (Å²) in [6.45, 7) is 6.07. The van der Waals surface area contributed by atoms with Gasteiger partial charge in [-0.15, -0.1) is 0 Å². The summed E-state index contributed by atoms with van der Waals surface area (Å²) in [5, 5.41) is 2.37. The fourth-order valence-electron chi connectivity index (χ4n) is 5.13. The summed E-state index contributed by atoms with van der Waals surface area (Å²) < 4.78 is 18.6. The van der Waals surface area contributed by atoms with Crippen LogP contribution in [0.25, 0.3) is 6.15 Å². The van der Waals surface area contributed by atoms with E-state index in [0.29, 0.717) is 32.1 Å². The zero-order valence-corrected chi connectivity index (χ0v) is 28.8. The minimum Gasteiger partial charge on any atom is -0.693 e. The van der Waals surface area contributed by atoms with E-state index in [1.807, 2.05) is 45.0 Å². The molecule has 2 atom stereocenters. The Labute approximate surface area is 277 Å². The third-order valence-corrected chi connectivity index (χ3v) is 7.88. The van der Waals surface area contributed by atoms with Crippen LogP contribution in [0.15, 0.2) is 33.2 Å². The van der Waals surface area contributed by atoms with Crippen LogP contribution in [0.4, 0.5) is 0 Å². The van der Waals surface area contributed by atoms with E-state index in [-0.39, 0.29) is 59.6 Å². The zero-order chi connectivity index (χ0) is 29.0. The number of carbonyl (C=O) groups is 3. The van der Waals surface area contributed by atoms with E-state index in [1.165, 1.54) is 7.11 Å². The van der Waals surface area contributed by atoms with Crippen molar-refractivity contribution in [1.82, 2.24) is 5.32 Å². The Morgan fingerprint density at radius 3 is 2.00 bits per heavy atom. The van der Waals surface area contributed by atoms with Gasteiger partial charge >= 0.3 is 41.7 Å². The van der Waals surface area contributed by atoms with Crippen LogP contribution in [0.5, 0.6) is 11.5 Å². The van der Waals surface area contributed by atoms with E-state index in [9.17, 15) is 14.4 Å². The molecule has 3 heterocycles. The number of aryl methyl sites for hydroxylation is 2. The van der Waals surface area contributed by atoms with Gasteiger partial charge in [-0.25, -0.2) is 4.79 Å². The SMILES string of the molecule is CCCC1(C(=O)OC)Cc2c(C)cc(Br)cc2O1.Cc1cc(Br)cc2c1CC1(CCC(=O)NC1=O)O2.O=C=O.[NH2-].[Na+]. The molecule has 10 nitrogen and oxygen atoms in total. The van der Waals surface area contributed by atoms with Gasteiger partial charge in [-0.3, -0.25) is 14.9 Å². The van der Waals surface area contributed by atoms with Gasteiger partial charge in [0.1, 0.15) is 11.5 Å². The number of fused-ring (bicyclic) bond motifs is 2. The number of imide groups is 1. The van der Waals surface area contributed by atoms with Crippen molar-refractivity contribution in [3.05, 3.63) is 61.6 Å². The second-order valence-corrected chi connectivity index (χ2v) is 11.5. The molecule has 0 aromatic heterocycles. The van der Waals surface area contributed by atoms with E-state index in [0.717, 1.165) is 49.1 Å². The first-order chi connectivity index (χ1) is 18.4. The molecule has 2 amide bonds. The minimum atomic E-state index is -0.887. The van der Waals surface area contributed by atoms with Crippen LogP contribution in [0, 0.1) is 13.8 Å². The van der Waals surface area contributed by atoms with Gasteiger partial charge in [-0.1, -0.05) is 45.2 Å². The number of hydrogen-bond acceptors (Lipinski definition) is 8. The fourth-order valence-corrected chi connectivity index (χ4v) is 6.23. The van der Waals surface area contributed by atoms with Crippen molar-refractivity contribution in [1.29, 1.82) is 0 Å². The van der Waals surface area contributed by atoms with E-state index >= 15 is 0 Å². The summed E-state index contributed by atoms with van der Waals surface area (Å²) in [6.07, 6.45) is 3.72. The summed E-state index contributed by atoms with van der Waals surface area (Å²) in [5.74, 6) is 0.719. The maximum absolute atomic E-state index is 12.0. The predicted molar refractivity (Wildman–Crippen MR) is 151 cm³/mol. The maximum Gasteiger partial charge on any atom is 1.00 e. The molecule has 2 unspecified atom stereocenters. The molecule has 41 heavy (non-hydrogen) atoms. The second kappa shape index (κ2) is 15.4. The van der Waals surface area contributed by atoms with Crippen LogP contribution in [-0.4, -0.2) is 42.2 Å². The van der Waals surface area contributed by atoms with Crippen molar-refractivity contribution in [3.8, 4) is 11.5 Å². The van der Waals surface area contributed by atoms with Gasteiger partial charge in [0.25, 0.3) is 5.91 Å². The smallest absolute Gasteiger partial charge is 0.693 e. The van der Waals surface area contributed by atoms with Crippen molar-refractivity contribution >= 4 is 55.8 Å². The number of nitrogens with one attached hydrogen (secondary N) is 1. The molecule has 2 aromatic rings. The van der Waals surface area contributed by atoms with Crippen molar-refractivity contribution in [2.45, 2.75) is 70.5 Å². The summed E-state index contributed by atoms with van der Waals surface area (Å²) in [4.78, 5) is 51.5. The molecular weight excluding hydrogens is 675 g/mol. The molecule has 0 saturated carbocycles. The third kappa shape index (κ3) is 8.07. The van der Waals surface area contributed by atoms with Crippen LogP contribution in [0.1, 0.15) is 54.9 Å². The van der Waals surface area contributed by atoms with Gasteiger partial charge in [0.05, 0.1) is 7.11 Å². The first-order valence-electron chi connectivity index (χ1n) is 12.3. The average molecular weight is 706 g/mol. The molecule has 0 bridgehead atoms. The van der Waals surface area contributed by atoms with Gasteiger partial charge < -0.3 is 20.4 Å². The molecule has 0 aliphatic carbocycles. The second-order valence-electron chi connectivity index (χ2n) is 9.65. The molecular formula is C28H31Br2N2NaO8. The Bertz CT molecular complexity index is 1350. The van der Waals surface area contributed by atoms with E-state index in [2.05, 4.69) is 37.2 Å². The van der Waals surface area contributed by atoms with Crippen molar-refractivity contribution < 1.29 is 67.7 Å². The number of carbonyl (C=O) groups excluding carboxylic acids is 5. The normalized spacial score (nSPS) is 20.9. The summed E-state index contributed by atoms with van der Waals surface area (Å²) in [6, 6.07) is 7.85. The summed E-state index contributed by atoms with van der Waals surface area (Å²) in [5.41, 5.74) is 2.68. The van der Waals surface area contributed by atoms with Gasteiger partial charge in [0.15, 0.2) is 5.60 Å². The largest absolute Gasteiger partial charge is 1.00 e. The Morgan fingerprint density at radius 1 is 1.00 bits per heavy atom. The topological polar surface area (TPSA) is 159 Å². The Morgan fingerprint density at radius 2 is 1.51 bits per heavy atom. The molecule has 1 saturated heterocycles. The van der Waals surface area contributed by atoms with Crippen molar-refractivity contribution in [2.24, 2.45) is 0 Å². The number of methoxy groups -OCH3 is 1. The number of rotatable bonds is 3. The summed E-state index contributed by atoms with van der Waals surface area (Å²) >= 11 is 6.87. The predicted octanol–water partition coefficient (Wildman–Crippen LogP) is 2.41. The first kappa shape index (κ1) is 37.0. The zero-order valence-electron chi connectivity index (χ0n) is 23.7. The fraction of sp³-hybridized carbons (Fsp3) is 0.429. The Hall–Kier alpha value is -2.05. The molecule has 3 N–H and O–H groups in total. The van der Waals surface area contributed by atoms with Crippen LogP contribution in [0.2, 0.25) is 0 Å². The van der Waals surface area contributed by atoms with Crippen LogP contribution >= 0.6 is 31.9 Å². The number of amides is 2. The molecule has 216 valence electrons. The molecule has 0 radical (unpaired) electrons. The Kier molecular flexibility index (Phi) is 13.9. The number of hydrogen-bond donors (Lipinski definition) is 1. The molecule has 2 aromatic carbocycles. The number of ether oxygens (including phenoxy) is 3. The van der Waals surface area contributed by atoms with Gasteiger partial charge in [0.2, 0.25) is 11.5 Å². The number of esters is 1. The number of benzene rings is 2. The van der Waals surface area contributed by atoms with Crippen LogP contribution in [-0.2, 0) is 41.6 Å². The standard InChI is InChI=1S/C14H17BrO3.C13H12BrNO3.CO2.H2N.Na/c1-4-5-14(13(16)17-3)8-11-9(2)6-10(15)7-12(11)18-14;1-7-4-8(14)5-10-9(7)6-13(18-10)3-2-11(16)15-12(13)17;2-1-3;;/h6-7H,4-5,8H2,1-3H3;4-5H,2-3,6H2,1H3,(H,15,16,17);;1H2;/q;;;-1;+1. The summed E-state index contributed by atoms with van der Waals surface area (Å²) in [7, 11) is 1.41. The van der Waals surface area contributed by atoms with Crippen molar-refractivity contribution in [3.63, 3.8) is 0 Å². The quantitative estimate of drug-likeness (QED) is 0.290. The van der Waals surface area contributed by atoms with Gasteiger partial charge in [0, 0.05) is 45.8 Å². The molecule has 13 heteroatoms. The molecule has 3 aliphatic heterocycles. The average Bonchev–Trinajstić information content (AvgIpc) is 3.43. The number of halogens is 2. The van der Waals surface area contributed by atoms with Crippen molar-refractivity contribution in [2.75, 3.05) is 7.11 Å². The number of nitrogens with two attached hydrogens (primary N) is 1. The monoisotopic (exact) mass is 704 g/mol. The Balaban J connectivity index is 0.000000358. The van der Waals surface area contributed by atoms with E-state index < -0.39 is 11.2 Å². The first-order valence-corrected chi connectivity index (χ1v) is 13.9. The van der Waals surface area contributed by atoms with Crippen LogP contribution < -0.4 is 44.3 Å². The van der Waals surface area contributed by atoms with Crippen LogP contribution in [0.3, 0.4) is 0 Å². The third-order valence-electron chi connectivity index (χ3n) is 6.96. The van der Waals surface area contributed by atoms with E-state index in [1.54, 1.807) is 0 Å². The molecule has 5 rings (SSSR count). The van der Waals surface area contributed by atoms with Gasteiger partial charge in [-0.05, 0) is 55.7 Å². The van der Waals surface area contributed by atoms with E-state index in [4.69, 9.17) is 23.8 Å². The molecule has 1 spiro atoms.